The van der Waals surface area contributed by atoms with E-state index < -0.39 is 0 Å². The van der Waals surface area contributed by atoms with Gasteiger partial charge in [0.25, 0.3) is 0 Å². The Labute approximate surface area is 105 Å². The largest absolute Gasteiger partial charge is 0.329 e. The van der Waals surface area contributed by atoms with Crippen molar-refractivity contribution >= 4 is 15.9 Å². The van der Waals surface area contributed by atoms with Crippen molar-refractivity contribution in [2.75, 3.05) is 6.54 Å². The molecule has 0 bridgehead atoms. The van der Waals surface area contributed by atoms with E-state index in [1.54, 1.807) is 12.1 Å². The quantitative estimate of drug-likeness (QED) is 0.874. The van der Waals surface area contributed by atoms with E-state index in [0.717, 1.165) is 12.0 Å². The van der Waals surface area contributed by atoms with Gasteiger partial charge >= 0.3 is 0 Å². The summed E-state index contributed by atoms with van der Waals surface area (Å²) >= 11 is 3.18. The number of rotatable bonds is 5. The normalized spacial score (nSPS) is 14.8. The minimum Gasteiger partial charge on any atom is -0.329 e. The number of hydrogen-bond donors (Lipinski definition) is 2. The molecule has 2 atom stereocenters. The van der Waals surface area contributed by atoms with Crippen molar-refractivity contribution in [3.05, 3.63) is 34.1 Å². The van der Waals surface area contributed by atoms with Crippen LogP contribution in [0.15, 0.2) is 22.7 Å². The molecule has 0 aromatic heterocycles. The molecule has 4 heteroatoms. The average molecular weight is 289 g/mol. The molecule has 0 heterocycles. The molecule has 1 aromatic rings. The number of nitrogens with one attached hydrogen (secondary N) is 1. The lowest BCUT2D eigenvalue weighted by atomic mass is 10.1. The third-order valence-corrected chi connectivity index (χ3v) is 3.29. The van der Waals surface area contributed by atoms with E-state index in [0.29, 0.717) is 17.1 Å². The Balaban J connectivity index is 2.82. The number of halogens is 2. The maximum atomic E-state index is 13.1. The molecular weight excluding hydrogens is 271 g/mol. The van der Waals surface area contributed by atoms with Crippen LogP contribution in [0, 0.1) is 5.82 Å². The Hall–Kier alpha value is -0.450. The van der Waals surface area contributed by atoms with E-state index in [9.17, 15) is 4.39 Å². The summed E-state index contributed by atoms with van der Waals surface area (Å²) in [5.41, 5.74) is 6.73. The van der Waals surface area contributed by atoms with Gasteiger partial charge in [0, 0.05) is 18.6 Å². The summed E-state index contributed by atoms with van der Waals surface area (Å²) in [6.45, 7) is 4.73. The van der Waals surface area contributed by atoms with Gasteiger partial charge in [0.05, 0.1) is 4.47 Å². The summed E-state index contributed by atoms with van der Waals surface area (Å²) in [7, 11) is 0. The first kappa shape index (κ1) is 13.6. The van der Waals surface area contributed by atoms with Crippen LogP contribution in [0.4, 0.5) is 4.39 Å². The highest BCUT2D eigenvalue weighted by atomic mass is 79.9. The third kappa shape index (κ3) is 3.54. The number of benzene rings is 1. The van der Waals surface area contributed by atoms with Gasteiger partial charge in [-0.2, -0.15) is 0 Å². The fourth-order valence-electron chi connectivity index (χ4n) is 1.49. The lowest BCUT2D eigenvalue weighted by Crippen LogP contribution is -2.34. The van der Waals surface area contributed by atoms with Crippen molar-refractivity contribution in [3.63, 3.8) is 0 Å². The molecule has 0 fully saturated rings. The Morgan fingerprint density at radius 3 is 2.69 bits per heavy atom. The smallest absolute Gasteiger partial charge is 0.137 e. The molecule has 0 aliphatic rings. The molecule has 1 rings (SSSR count). The standard InChI is InChI=1S/C12H18BrFN2/c1-3-8(2)16-12(7-15)9-4-5-11(14)10(13)6-9/h4-6,8,12,16H,3,7,15H2,1-2H3. The van der Waals surface area contributed by atoms with Crippen molar-refractivity contribution in [2.45, 2.75) is 32.4 Å². The highest BCUT2D eigenvalue weighted by molar-refractivity contribution is 9.10. The fourth-order valence-corrected chi connectivity index (χ4v) is 1.89. The zero-order chi connectivity index (χ0) is 12.1. The Morgan fingerprint density at radius 2 is 2.19 bits per heavy atom. The highest BCUT2D eigenvalue weighted by Crippen LogP contribution is 2.21. The molecule has 90 valence electrons. The van der Waals surface area contributed by atoms with Gasteiger partial charge in [0.2, 0.25) is 0 Å². The monoisotopic (exact) mass is 288 g/mol. The van der Waals surface area contributed by atoms with Crippen LogP contribution < -0.4 is 11.1 Å². The van der Waals surface area contributed by atoms with Crippen molar-refractivity contribution in [3.8, 4) is 0 Å². The van der Waals surface area contributed by atoms with Gasteiger partial charge in [0.1, 0.15) is 5.82 Å². The van der Waals surface area contributed by atoms with Crippen LogP contribution in [0.25, 0.3) is 0 Å². The fraction of sp³-hybridized carbons (Fsp3) is 0.500. The van der Waals surface area contributed by atoms with Crippen LogP contribution in [0.3, 0.4) is 0 Å². The first-order valence-electron chi connectivity index (χ1n) is 5.49. The molecule has 0 spiro atoms. The van der Waals surface area contributed by atoms with Gasteiger partial charge in [-0.3, -0.25) is 0 Å². The first-order chi connectivity index (χ1) is 7.58. The lowest BCUT2D eigenvalue weighted by Gasteiger charge is -2.22. The zero-order valence-electron chi connectivity index (χ0n) is 9.63. The maximum Gasteiger partial charge on any atom is 0.137 e. The van der Waals surface area contributed by atoms with Crippen molar-refractivity contribution in [2.24, 2.45) is 5.73 Å². The topological polar surface area (TPSA) is 38.0 Å². The van der Waals surface area contributed by atoms with Crippen LogP contribution in [0.2, 0.25) is 0 Å². The Kier molecular flexibility index (Phi) is 5.38. The molecule has 1 aromatic carbocycles. The van der Waals surface area contributed by atoms with E-state index in [1.165, 1.54) is 6.07 Å². The van der Waals surface area contributed by atoms with Crippen LogP contribution in [0.1, 0.15) is 31.9 Å². The predicted molar refractivity (Wildman–Crippen MR) is 68.8 cm³/mol. The minimum atomic E-state index is -0.247. The van der Waals surface area contributed by atoms with E-state index >= 15 is 0 Å². The minimum absolute atomic E-state index is 0.0758. The molecule has 0 saturated heterocycles. The summed E-state index contributed by atoms with van der Waals surface area (Å²) < 4.78 is 13.6. The molecule has 0 aliphatic heterocycles. The number of nitrogens with two attached hydrogens (primary N) is 1. The average Bonchev–Trinajstić information content (AvgIpc) is 2.29. The molecule has 3 N–H and O–H groups in total. The van der Waals surface area contributed by atoms with Crippen molar-refractivity contribution < 1.29 is 4.39 Å². The highest BCUT2D eigenvalue weighted by Gasteiger charge is 2.13. The van der Waals surface area contributed by atoms with Gasteiger partial charge < -0.3 is 11.1 Å². The van der Waals surface area contributed by atoms with Crippen LogP contribution in [0.5, 0.6) is 0 Å². The molecule has 2 nitrogen and oxygen atoms in total. The molecule has 0 radical (unpaired) electrons. The summed E-state index contributed by atoms with van der Waals surface area (Å²) in [6, 6.07) is 5.49. The summed E-state index contributed by atoms with van der Waals surface area (Å²) in [6.07, 6.45) is 1.04. The molecular formula is C12H18BrFN2. The summed E-state index contributed by atoms with van der Waals surface area (Å²) in [4.78, 5) is 0. The van der Waals surface area contributed by atoms with E-state index in [2.05, 4.69) is 35.1 Å². The molecule has 16 heavy (non-hydrogen) atoms. The first-order valence-corrected chi connectivity index (χ1v) is 6.28. The third-order valence-electron chi connectivity index (χ3n) is 2.68. The van der Waals surface area contributed by atoms with Crippen molar-refractivity contribution in [1.29, 1.82) is 0 Å². The second-order valence-corrected chi connectivity index (χ2v) is 4.79. The van der Waals surface area contributed by atoms with Gasteiger partial charge in [0.15, 0.2) is 0 Å². The molecule has 2 unspecified atom stereocenters. The van der Waals surface area contributed by atoms with Crippen LogP contribution in [-0.4, -0.2) is 12.6 Å². The Bertz CT molecular complexity index is 344. The lowest BCUT2D eigenvalue weighted by molar-refractivity contribution is 0.451. The van der Waals surface area contributed by atoms with Gasteiger partial charge in [-0.25, -0.2) is 4.39 Å². The van der Waals surface area contributed by atoms with Gasteiger partial charge in [-0.05, 0) is 47.0 Å². The second kappa shape index (κ2) is 6.33. The van der Waals surface area contributed by atoms with E-state index in [-0.39, 0.29) is 11.9 Å². The summed E-state index contributed by atoms with van der Waals surface area (Å²) in [5.74, 6) is -0.247. The van der Waals surface area contributed by atoms with Crippen molar-refractivity contribution in [1.82, 2.24) is 5.32 Å². The van der Waals surface area contributed by atoms with Crippen LogP contribution in [-0.2, 0) is 0 Å². The van der Waals surface area contributed by atoms with Crippen LogP contribution >= 0.6 is 15.9 Å². The molecule has 0 aliphatic carbocycles. The molecule has 0 amide bonds. The summed E-state index contributed by atoms with van der Waals surface area (Å²) in [5, 5.41) is 3.41. The maximum absolute atomic E-state index is 13.1. The van der Waals surface area contributed by atoms with Gasteiger partial charge in [-0.1, -0.05) is 13.0 Å². The number of hydrogen-bond acceptors (Lipinski definition) is 2. The second-order valence-electron chi connectivity index (χ2n) is 3.94. The SMILES string of the molecule is CCC(C)NC(CN)c1ccc(F)c(Br)c1. The zero-order valence-corrected chi connectivity index (χ0v) is 11.2. The molecule has 0 saturated carbocycles. The Morgan fingerprint density at radius 1 is 1.50 bits per heavy atom. The predicted octanol–water partition coefficient (Wildman–Crippen LogP) is 2.98. The van der Waals surface area contributed by atoms with E-state index in [4.69, 9.17) is 5.73 Å². The van der Waals surface area contributed by atoms with Gasteiger partial charge in [-0.15, -0.1) is 0 Å². The van der Waals surface area contributed by atoms with E-state index in [1.807, 2.05) is 0 Å².